The Labute approximate surface area is 78.3 Å². The summed E-state index contributed by atoms with van der Waals surface area (Å²) in [5.41, 5.74) is 0.773. The summed E-state index contributed by atoms with van der Waals surface area (Å²) in [6.45, 7) is 0. The fraction of sp³-hybridized carbons (Fsp3) is 0.333. The zero-order valence-corrected chi connectivity index (χ0v) is 8.01. The second-order valence-electron chi connectivity index (χ2n) is 3.27. The molecule has 1 aliphatic rings. The van der Waals surface area contributed by atoms with Crippen molar-refractivity contribution >= 4 is 15.6 Å². The van der Waals surface area contributed by atoms with Crippen molar-refractivity contribution < 1.29 is 4.21 Å². The number of hydrogen-bond donors (Lipinski definition) is 2. The summed E-state index contributed by atoms with van der Waals surface area (Å²) in [5.74, 6) is 0. The first kappa shape index (κ1) is 8.56. The highest BCUT2D eigenvalue weighted by molar-refractivity contribution is 7.94. The highest BCUT2D eigenvalue weighted by Crippen LogP contribution is 2.29. The molecule has 1 unspecified atom stereocenters. The third-order valence-corrected chi connectivity index (χ3v) is 3.99. The fourth-order valence-electron chi connectivity index (χ4n) is 1.16. The largest absolute Gasteiger partial charge is 0.299 e. The molecular formula is C9H12N2OS. The van der Waals surface area contributed by atoms with Gasteiger partial charge in [0.05, 0.1) is 5.25 Å². The van der Waals surface area contributed by atoms with Gasteiger partial charge in [-0.3, -0.25) is 4.72 Å². The van der Waals surface area contributed by atoms with Crippen LogP contribution in [-0.2, 0) is 9.92 Å². The highest BCUT2D eigenvalue weighted by atomic mass is 32.2. The summed E-state index contributed by atoms with van der Waals surface area (Å²) < 4.78 is 22.0. The first-order valence-electron chi connectivity index (χ1n) is 4.29. The normalized spacial score (nSPS) is 20.6. The minimum Gasteiger partial charge on any atom is -0.299 e. The van der Waals surface area contributed by atoms with Crippen LogP contribution in [0.1, 0.15) is 12.8 Å². The first-order chi connectivity index (χ1) is 6.18. The summed E-state index contributed by atoms with van der Waals surface area (Å²) in [7, 11) is -2.59. The SMILES string of the molecule is N=S(=O)(Nc1ccccc1)C1CC1. The molecule has 0 radical (unpaired) electrons. The van der Waals surface area contributed by atoms with E-state index in [4.69, 9.17) is 4.78 Å². The van der Waals surface area contributed by atoms with Gasteiger partial charge in [0.1, 0.15) is 9.92 Å². The molecule has 1 aliphatic carbocycles. The van der Waals surface area contributed by atoms with Crippen molar-refractivity contribution in [3.8, 4) is 0 Å². The molecule has 13 heavy (non-hydrogen) atoms. The molecule has 4 heteroatoms. The van der Waals surface area contributed by atoms with Gasteiger partial charge in [0, 0.05) is 5.69 Å². The van der Waals surface area contributed by atoms with E-state index in [0.29, 0.717) is 0 Å². The maximum atomic E-state index is 11.7. The smallest absolute Gasteiger partial charge is 0.129 e. The molecule has 1 atom stereocenters. The van der Waals surface area contributed by atoms with Gasteiger partial charge in [0.15, 0.2) is 0 Å². The van der Waals surface area contributed by atoms with Crippen LogP contribution in [0.5, 0.6) is 0 Å². The van der Waals surface area contributed by atoms with Crippen LogP contribution in [0, 0.1) is 4.78 Å². The van der Waals surface area contributed by atoms with Gasteiger partial charge in [-0.2, -0.15) is 0 Å². The van der Waals surface area contributed by atoms with Crippen molar-refractivity contribution in [3.63, 3.8) is 0 Å². The average molecular weight is 196 g/mol. The molecule has 0 saturated heterocycles. The minimum atomic E-state index is -2.59. The maximum absolute atomic E-state index is 11.7. The lowest BCUT2D eigenvalue weighted by molar-refractivity contribution is 0.677. The average Bonchev–Trinajstić information content (AvgIpc) is 2.87. The van der Waals surface area contributed by atoms with E-state index in [0.717, 1.165) is 18.5 Å². The van der Waals surface area contributed by atoms with Crippen LogP contribution < -0.4 is 4.72 Å². The molecule has 0 aromatic heterocycles. The fourth-order valence-corrected chi connectivity index (χ4v) is 2.62. The quantitative estimate of drug-likeness (QED) is 0.765. The second-order valence-corrected chi connectivity index (χ2v) is 5.34. The van der Waals surface area contributed by atoms with Crippen LogP contribution >= 0.6 is 0 Å². The van der Waals surface area contributed by atoms with E-state index in [2.05, 4.69) is 4.72 Å². The van der Waals surface area contributed by atoms with Crippen molar-refractivity contribution in [1.82, 2.24) is 0 Å². The molecule has 0 spiro atoms. The molecule has 0 aliphatic heterocycles. The molecule has 2 N–H and O–H groups in total. The van der Waals surface area contributed by atoms with Gasteiger partial charge in [-0.1, -0.05) is 18.2 Å². The van der Waals surface area contributed by atoms with Gasteiger partial charge < -0.3 is 0 Å². The van der Waals surface area contributed by atoms with Crippen LogP contribution in [-0.4, -0.2) is 9.46 Å². The summed E-state index contributed by atoms with van der Waals surface area (Å²) in [6.07, 6.45) is 1.84. The van der Waals surface area contributed by atoms with Crippen molar-refractivity contribution in [3.05, 3.63) is 30.3 Å². The number of benzene rings is 1. The monoisotopic (exact) mass is 196 g/mol. The van der Waals surface area contributed by atoms with Gasteiger partial charge in [-0.05, 0) is 25.0 Å². The van der Waals surface area contributed by atoms with E-state index in [1.54, 1.807) is 0 Å². The molecule has 1 aromatic rings. The zero-order chi connectivity index (χ0) is 9.31. The maximum Gasteiger partial charge on any atom is 0.129 e. The molecular weight excluding hydrogens is 184 g/mol. The van der Waals surface area contributed by atoms with Crippen molar-refractivity contribution in [2.24, 2.45) is 0 Å². The van der Waals surface area contributed by atoms with E-state index >= 15 is 0 Å². The van der Waals surface area contributed by atoms with Crippen molar-refractivity contribution in [1.29, 1.82) is 4.78 Å². The number of para-hydroxylation sites is 1. The van der Waals surface area contributed by atoms with Gasteiger partial charge >= 0.3 is 0 Å². The molecule has 1 fully saturated rings. The third kappa shape index (κ3) is 2.01. The summed E-state index contributed by atoms with van der Waals surface area (Å²) in [5, 5.41) is 0.0627. The van der Waals surface area contributed by atoms with Crippen LogP contribution in [0.3, 0.4) is 0 Å². The summed E-state index contributed by atoms with van der Waals surface area (Å²) in [4.78, 5) is 0. The molecule has 70 valence electrons. The van der Waals surface area contributed by atoms with Gasteiger partial charge in [-0.15, -0.1) is 0 Å². The minimum absolute atomic E-state index is 0.0627. The van der Waals surface area contributed by atoms with Crippen molar-refractivity contribution in [2.75, 3.05) is 4.72 Å². The first-order valence-corrected chi connectivity index (χ1v) is 5.91. The topological polar surface area (TPSA) is 53.0 Å². The Bertz CT molecular complexity index is 381. The van der Waals surface area contributed by atoms with Gasteiger partial charge in [0.25, 0.3) is 0 Å². The Morgan fingerprint density at radius 2 is 1.92 bits per heavy atom. The number of hydrogen-bond acceptors (Lipinski definition) is 2. The van der Waals surface area contributed by atoms with E-state index < -0.39 is 9.92 Å². The number of nitrogens with one attached hydrogen (secondary N) is 2. The Kier molecular flexibility index (Phi) is 2.00. The molecule has 0 heterocycles. The lowest BCUT2D eigenvalue weighted by atomic mass is 10.3. The summed E-state index contributed by atoms with van der Waals surface area (Å²) in [6, 6.07) is 9.29. The predicted molar refractivity (Wildman–Crippen MR) is 53.9 cm³/mol. The molecule has 3 nitrogen and oxygen atoms in total. The lowest BCUT2D eigenvalue weighted by Gasteiger charge is -2.08. The molecule has 2 rings (SSSR count). The van der Waals surface area contributed by atoms with E-state index in [1.165, 1.54) is 0 Å². The lowest BCUT2D eigenvalue weighted by Crippen LogP contribution is -2.15. The summed E-state index contributed by atoms with van der Waals surface area (Å²) >= 11 is 0. The molecule has 1 aromatic carbocycles. The Hall–Kier alpha value is -1.03. The van der Waals surface area contributed by atoms with Crippen LogP contribution in [0.15, 0.2) is 30.3 Å². The van der Waals surface area contributed by atoms with Crippen LogP contribution in [0.2, 0.25) is 0 Å². The van der Waals surface area contributed by atoms with Gasteiger partial charge in [-0.25, -0.2) is 8.99 Å². The highest BCUT2D eigenvalue weighted by Gasteiger charge is 2.32. The van der Waals surface area contributed by atoms with Crippen LogP contribution in [0.25, 0.3) is 0 Å². The molecule has 0 amide bonds. The zero-order valence-electron chi connectivity index (χ0n) is 7.19. The molecule has 1 saturated carbocycles. The van der Waals surface area contributed by atoms with Crippen LogP contribution in [0.4, 0.5) is 5.69 Å². The second kappa shape index (κ2) is 3.03. The number of rotatable bonds is 3. The Balaban J connectivity index is 2.14. The Morgan fingerprint density at radius 1 is 1.31 bits per heavy atom. The predicted octanol–water partition coefficient (Wildman–Crippen LogP) is 2.22. The van der Waals surface area contributed by atoms with E-state index in [9.17, 15) is 4.21 Å². The van der Waals surface area contributed by atoms with E-state index in [-0.39, 0.29) is 5.25 Å². The third-order valence-electron chi connectivity index (χ3n) is 2.04. The standard InChI is InChI=1S/C9H12N2OS/c10-13(12,9-6-7-9)11-8-4-2-1-3-5-8/h1-5,9H,6-7H2,(H2,10,11,12). The van der Waals surface area contributed by atoms with E-state index in [1.807, 2.05) is 30.3 Å². The molecule has 0 bridgehead atoms. The van der Waals surface area contributed by atoms with Crippen molar-refractivity contribution in [2.45, 2.75) is 18.1 Å². The Morgan fingerprint density at radius 3 is 2.46 bits per heavy atom. The number of anilines is 1. The van der Waals surface area contributed by atoms with Gasteiger partial charge in [0.2, 0.25) is 0 Å².